The lowest BCUT2D eigenvalue weighted by atomic mass is 10.2. The lowest BCUT2D eigenvalue weighted by molar-refractivity contribution is -0.113. The van der Waals surface area contributed by atoms with Crippen molar-refractivity contribution in [2.75, 3.05) is 24.2 Å². The molecule has 0 unspecified atom stereocenters. The second-order valence-corrected chi connectivity index (χ2v) is 6.61. The standard InChI is InChI=1S/C19H23N3O2S.ClH/c1-14-7-9-15(10-8-14)22-18(23)13-25-17-6-3-2-5-16(17)19(24)21-12-4-11-20;/h2-3,5-10H,4,11-13,20H2,1H3,(H,21,24)(H,22,23);1H. The van der Waals surface area contributed by atoms with Gasteiger partial charge in [-0.25, -0.2) is 0 Å². The van der Waals surface area contributed by atoms with Gasteiger partial charge in [-0.05, 0) is 44.2 Å². The van der Waals surface area contributed by atoms with Gasteiger partial charge in [0.2, 0.25) is 5.91 Å². The van der Waals surface area contributed by atoms with E-state index < -0.39 is 0 Å². The SMILES string of the molecule is Cc1ccc(NC(=O)CSc2ccccc2C(=O)NCCCN)cc1.Cl. The fourth-order valence-electron chi connectivity index (χ4n) is 2.16. The highest BCUT2D eigenvalue weighted by Gasteiger charge is 2.12. The maximum atomic E-state index is 12.2. The van der Waals surface area contributed by atoms with Gasteiger partial charge in [-0.1, -0.05) is 29.8 Å². The van der Waals surface area contributed by atoms with Crippen LogP contribution in [0.4, 0.5) is 5.69 Å². The number of aryl methyl sites for hydroxylation is 1. The molecular weight excluding hydrogens is 370 g/mol. The number of carbonyl (C=O) groups excluding carboxylic acids is 2. The van der Waals surface area contributed by atoms with Gasteiger partial charge in [0.1, 0.15) is 0 Å². The topological polar surface area (TPSA) is 84.2 Å². The molecule has 0 aliphatic rings. The smallest absolute Gasteiger partial charge is 0.252 e. The largest absolute Gasteiger partial charge is 0.352 e. The molecule has 2 rings (SSSR count). The van der Waals surface area contributed by atoms with E-state index in [1.807, 2.05) is 49.4 Å². The molecule has 26 heavy (non-hydrogen) atoms. The Morgan fingerprint density at radius 1 is 1.08 bits per heavy atom. The van der Waals surface area contributed by atoms with Crippen LogP contribution in [0.3, 0.4) is 0 Å². The summed E-state index contributed by atoms with van der Waals surface area (Å²) in [5, 5.41) is 5.70. The number of anilines is 1. The Morgan fingerprint density at radius 2 is 1.77 bits per heavy atom. The number of thioether (sulfide) groups is 1. The molecule has 4 N–H and O–H groups in total. The van der Waals surface area contributed by atoms with E-state index in [-0.39, 0.29) is 30.0 Å². The molecule has 140 valence electrons. The molecule has 0 aromatic heterocycles. The van der Waals surface area contributed by atoms with Gasteiger partial charge >= 0.3 is 0 Å². The number of halogens is 1. The Balaban J connectivity index is 0.00000338. The summed E-state index contributed by atoms with van der Waals surface area (Å²) in [7, 11) is 0. The average Bonchev–Trinajstić information content (AvgIpc) is 2.62. The number of nitrogens with one attached hydrogen (secondary N) is 2. The molecule has 5 nitrogen and oxygen atoms in total. The minimum atomic E-state index is -0.143. The van der Waals surface area contributed by atoms with Crippen LogP contribution in [-0.4, -0.2) is 30.7 Å². The van der Waals surface area contributed by atoms with Crippen molar-refractivity contribution in [2.45, 2.75) is 18.2 Å². The predicted octanol–water partition coefficient (Wildman–Crippen LogP) is 3.23. The molecule has 0 aliphatic heterocycles. The number of hydrogen-bond donors (Lipinski definition) is 3. The molecule has 0 saturated carbocycles. The van der Waals surface area contributed by atoms with Gasteiger partial charge in [-0.15, -0.1) is 24.2 Å². The van der Waals surface area contributed by atoms with Crippen molar-refractivity contribution >= 4 is 41.7 Å². The highest BCUT2D eigenvalue weighted by molar-refractivity contribution is 8.00. The summed E-state index contributed by atoms with van der Waals surface area (Å²) >= 11 is 1.35. The van der Waals surface area contributed by atoms with Gasteiger partial charge in [0.15, 0.2) is 0 Å². The van der Waals surface area contributed by atoms with E-state index >= 15 is 0 Å². The lowest BCUT2D eigenvalue weighted by Crippen LogP contribution is -2.26. The molecule has 7 heteroatoms. The molecule has 2 amide bonds. The zero-order valence-corrected chi connectivity index (χ0v) is 16.3. The van der Waals surface area contributed by atoms with Gasteiger partial charge < -0.3 is 16.4 Å². The number of hydrogen-bond acceptors (Lipinski definition) is 4. The van der Waals surface area contributed by atoms with Crippen molar-refractivity contribution in [2.24, 2.45) is 5.73 Å². The van der Waals surface area contributed by atoms with E-state index in [0.29, 0.717) is 18.7 Å². The van der Waals surface area contributed by atoms with E-state index in [0.717, 1.165) is 22.6 Å². The molecule has 0 heterocycles. The van der Waals surface area contributed by atoms with Crippen LogP contribution in [0.15, 0.2) is 53.4 Å². The summed E-state index contributed by atoms with van der Waals surface area (Å²) < 4.78 is 0. The molecule has 0 atom stereocenters. The Bertz CT molecular complexity index is 723. The summed E-state index contributed by atoms with van der Waals surface area (Å²) in [6.07, 6.45) is 0.736. The molecule has 2 aromatic carbocycles. The van der Waals surface area contributed by atoms with Crippen molar-refractivity contribution in [1.29, 1.82) is 0 Å². The highest BCUT2D eigenvalue weighted by Crippen LogP contribution is 2.23. The first-order valence-corrected chi connectivity index (χ1v) is 9.15. The van der Waals surface area contributed by atoms with E-state index in [1.165, 1.54) is 11.8 Å². The van der Waals surface area contributed by atoms with E-state index in [2.05, 4.69) is 10.6 Å². The monoisotopic (exact) mass is 393 g/mol. The Morgan fingerprint density at radius 3 is 2.46 bits per heavy atom. The molecule has 2 aromatic rings. The number of nitrogens with two attached hydrogens (primary N) is 1. The normalized spacial score (nSPS) is 9.92. The predicted molar refractivity (Wildman–Crippen MR) is 110 cm³/mol. The number of amides is 2. The molecule has 0 fully saturated rings. The summed E-state index contributed by atoms with van der Waals surface area (Å²) in [6.45, 7) is 3.08. The lowest BCUT2D eigenvalue weighted by Gasteiger charge is -2.10. The van der Waals surface area contributed by atoms with Crippen LogP contribution in [0.2, 0.25) is 0 Å². The zero-order chi connectivity index (χ0) is 18.1. The third-order valence-electron chi connectivity index (χ3n) is 3.49. The van der Waals surface area contributed by atoms with Gasteiger partial charge in [0, 0.05) is 17.1 Å². The number of benzene rings is 2. The van der Waals surface area contributed by atoms with Crippen molar-refractivity contribution in [3.05, 3.63) is 59.7 Å². The summed E-state index contributed by atoms with van der Waals surface area (Å²) in [5.74, 6) is -0.0104. The second-order valence-electron chi connectivity index (χ2n) is 5.60. The Hall–Kier alpha value is -2.02. The Kier molecular flexibility index (Phi) is 9.80. The van der Waals surface area contributed by atoms with Crippen LogP contribution < -0.4 is 16.4 Å². The fraction of sp³-hybridized carbons (Fsp3) is 0.263. The molecule has 0 aliphatic carbocycles. The van der Waals surface area contributed by atoms with Gasteiger partial charge in [0.05, 0.1) is 11.3 Å². The van der Waals surface area contributed by atoms with Crippen LogP contribution in [0.25, 0.3) is 0 Å². The molecule has 0 spiro atoms. The maximum Gasteiger partial charge on any atom is 0.252 e. The third kappa shape index (κ3) is 7.07. The van der Waals surface area contributed by atoms with Crippen molar-refractivity contribution < 1.29 is 9.59 Å². The zero-order valence-electron chi connectivity index (χ0n) is 14.7. The molecule has 0 radical (unpaired) electrons. The van der Waals surface area contributed by atoms with Crippen LogP contribution in [0.5, 0.6) is 0 Å². The van der Waals surface area contributed by atoms with Crippen molar-refractivity contribution in [1.82, 2.24) is 5.32 Å². The molecular formula is C19H24ClN3O2S. The first kappa shape index (κ1) is 22.0. The maximum absolute atomic E-state index is 12.2. The van der Waals surface area contributed by atoms with Gasteiger partial charge in [0.25, 0.3) is 5.91 Å². The number of rotatable bonds is 8. The van der Waals surface area contributed by atoms with E-state index in [1.54, 1.807) is 6.07 Å². The Labute approximate surface area is 164 Å². The average molecular weight is 394 g/mol. The number of carbonyl (C=O) groups is 2. The molecule has 0 bridgehead atoms. The van der Waals surface area contributed by atoms with E-state index in [9.17, 15) is 9.59 Å². The molecule has 0 saturated heterocycles. The van der Waals surface area contributed by atoms with Crippen LogP contribution >= 0.6 is 24.2 Å². The second kappa shape index (κ2) is 11.6. The third-order valence-corrected chi connectivity index (χ3v) is 4.57. The highest BCUT2D eigenvalue weighted by atomic mass is 35.5. The van der Waals surface area contributed by atoms with Gasteiger partial charge in [-0.3, -0.25) is 9.59 Å². The summed E-state index contributed by atoms with van der Waals surface area (Å²) in [4.78, 5) is 25.1. The first-order chi connectivity index (χ1) is 12.1. The fourth-order valence-corrected chi connectivity index (χ4v) is 3.01. The van der Waals surface area contributed by atoms with Crippen molar-refractivity contribution in [3.63, 3.8) is 0 Å². The summed E-state index contributed by atoms with van der Waals surface area (Å²) in [6, 6.07) is 14.9. The van der Waals surface area contributed by atoms with Crippen LogP contribution in [0, 0.1) is 6.92 Å². The quantitative estimate of drug-likeness (QED) is 0.475. The minimum absolute atomic E-state index is 0. The minimum Gasteiger partial charge on any atom is -0.352 e. The van der Waals surface area contributed by atoms with Crippen LogP contribution in [-0.2, 0) is 4.79 Å². The summed E-state index contributed by atoms with van der Waals surface area (Å²) in [5.41, 5.74) is 7.92. The first-order valence-electron chi connectivity index (χ1n) is 8.17. The van der Waals surface area contributed by atoms with E-state index in [4.69, 9.17) is 5.73 Å². The van der Waals surface area contributed by atoms with Crippen molar-refractivity contribution in [3.8, 4) is 0 Å². The van der Waals surface area contributed by atoms with Crippen LogP contribution in [0.1, 0.15) is 22.3 Å². The van der Waals surface area contributed by atoms with Gasteiger partial charge in [-0.2, -0.15) is 0 Å².